The van der Waals surface area contributed by atoms with E-state index in [0.29, 0.717) is 21.8 Å². The standard InChI is InChI=1S/C22H18ClNO3/c23-19-10-6-16(7-11-19)12-15-4-8-17(9-5-15)22(27)24-20-3-1-2-18(13-20)21(26)14-25/h1-11,13,25H,12,14H2,(H,24,27). The van der Waals surface area contributed by atoms with E-state index in [1.54, 1.807) is 36.4 Å². The SMILES string of the molecule is O=C(CO)c1cccc(NC(=O)c2ccc(Cc3ccc(Cl)cc3)cc2)c1. The van der Waals surface area contributed by atoms with E-state index in [-0.39, 0.29) is 5.91 Å². The number of rotatable bonds is 6. The van der Waals surface area contributed by atoms with Crippen LogP contribution >= 0.6 is 11.6 Å². The zero-order valence-corrected chi connectivity index (χ0v) is 15.2. The first-order valence-electron chi connectivity index (χ1n) is 8.44. The summed E-state index contributed by atoms with van der Waals surface area (Å²) < 4.78 is 0. The molecule has 0 aliphatic carbocycles. The Balaban J connectivity index is 1.67. The summed E-state index contributed by atoms with van der Waals surface area (Å²) in [7, 11) is 0. The highest BCUT2D eigenvalue weighted by molar-refractivity contribution is 6.30. The van der Waals surface area contributed by atoms with Crippen molar-refractivity contribution in [2.24, 2.45) is 0 Å². The molecule has 0 saturated heterocycles. The van der Waals surface area contributed by atoms with Crippen molar-refractivity contribution >= 4 is 29.0 Å². The number of aliphatic hydroxyl groups excluding tert-OH is 1. The molecule has 0 aliphatic rings. The summed E-state index contributed by atoms with van der Waals surface area (Å²) in [6, 6.07) is 21.5. The second-order valence-corrected chi connectivity index (χ2v) is 6.55. The lowest BCUT2D eigenvalue weighted by Gasteiger charge is -2.08. The number of halogens is 1. The van der Waals surface area contributed by atoms with Crippen LogP contribution in [-0.4, -0.2) is 23.4 Å². The van der Waals surface area contributed by atoms with Gasteiger partial charge in [0.25, 0.3) is 5.91 Å². The normalized spacial score (nSPS) is 10.4. The molecule has 0 aliphatic heterocycles. The van der Waals surface area contributed by atoms with Crippen molar-refractivity contribution in [1.29, 1.82) is 0 Å². The average molecular weight is 380 g/mol. The summed E-state index contributed by atoms with van der Waals surface area (Å²) in [5.74, 6) is -0.653. The highest BCUT2D eigenvalue weighted by atomic mass is 35.5. The number of amides is 1. The molecule has 3 aromatic carbocycles. The summed E-state index contributed by atoms with van der Waals surface area (Å²) >= 11 is 5.90. The lowest BCUT2D eigenvalue weighted by molar-refractivity contribution is 0.0903. The van der Waals surface area contributed by atoms with Crippen LogP contribution in [-0.2, 0) is 6.42 Å². The fraction of sp³-hybridized carbons (Fsp3) is 0.0909. The van der Waals surface area contributed by atoms with Gasteiger partial charge in [-0.25, -0.2) is 0 Å². The van der Waals surface area contributed by atoms with E-state index in [0.717, 1.165) is 17.5 Å². The van der Waals surface area contributed by atoms with Gasteiger partial charge in [0.15, 0.2) is 5.78 Å². The van der Waals surface area contributed by atoms with Crippen molar-refractivity contribution in [2.45, 2.75) is 6.42 Å². The topological polar surface area (TPSA) is 66.4 Å². The third kappa shape index (κ3) is 5.03. The lowest BCUT2D eigenvalue weighted by atomic mass is 10.0. The number of nitrogens with one attached hydrogen (secondary N) is 1. The molecule has 5 heteroatoms. The summed E-state index contributed by atoms with van der Waals surface area (Å²) in [5.41, 5.74) is 3.61. The quantitative estimate of drug-likeness (QED) is 0.625. The predicted octanol–water partition coefficient (Wildman–Crippen LogP) is 4.36. The first kappa shape index (κ1) is 18.8. The van der Waals surface area contributed by atoms with Gasteiger partial charge in [-0.1, -0.05) is 48.0 Å². The molecule has 2 N–H and O–H groups in total. The maximum absolute atomic E-state index is 12.4. The number of benzene rings is 3. The molecule has 27 heavy (non-hydrogen) atoms. The number of hydrogen-bond acceptors (Lipinski definition) is 3. The minimum atomic E-state index is -0.563. The van der Waals surface area contributed by atoms with Crippen LogP contribution < -0.4 is 5.32 Å². The van der Waals surface area contributed by atoms with Crippen LogP contribution in [0.3, 0.4) is 0 Å². The van der Waals surface area contributed by atoms with Gasteiger partial charge in [0, 0.05) is 21.8 Å². The molecule has 0 fully saturated rings. The Morgan fingerprint density at radius 3 is 2.11 bits per heavy atom. The van der Waals surface area contributed by atoms with Crippen molar-refractivity contribution in [3.05, 3.63) is 100 Å². The highest BCUT2D eigenvalue weighted by Crippen LogP contribution is 2.16. The van der Waals surface area contributed by atoms with Crippen LogP contribution in [0.25, 0.3) is 0 Å². The van der Waals surface area contributed by atoms with E-state index < -0.39 is 12.4 Å². The summed E-state index contributed by atoms with van der Waals surface area (Å²) in [6.07, 6.45) is 0.754. The van der Waals surface area contributed by atoms with Crippen LogP contribution in [0, 0.1) is 0 Å². The molecule has 0 unspecified atom stereocenters. The van der Waals surface area contributed by atoms with Crippen molar-refractivity contribution < 1.29 is 14.7 Å². The summed E-state index contributed by atoms with van der Waals surface area (Å²) in [5, 5.41) is 12.4. The molecule has 3 aromatic rings. The van der Waals surface area contributed by atoms with E-state index in [1.807, 2.05) is 36.4 Å². The zero-order chi connectivity index (χ0) is 19.2. The Hall–Kier alpha value is -2.95. The zero-order valence-electron chi connectivity index (χ0n) is 14.5. The van der Waals surface area contributed by atoms with E-state index in [1.165, 1.54) is 0 Å². The number of carbonyl (C=O) groups excluding carboxylic acids is 2. The number of anilines is 1. The summed E-state index contributed by atoms with van der Waals surface area (Å²) in [6.45, 7) is -0.563. The summed E-state index contributed by atoms with van der Waals surface area (Å²) in [4.78, 5) is 24.0. The van der Waals surface area contributed by atoms with E-state index >= 15 is 0 Å². The largest absolute Gasteiger partial charge is 0.388 e. The molecule has 0 spiro atoms. The van der Waals surface area contributed by atoms with Gasteiger partial charge in [-0.3, -0.25) is 9.59 Å². The van der Waals surface area contributed by atoms with Gasteiger partial charge in [0.05, 0.1) is 0 Å². The molecule has 1 amide bonds. The number of Topliss-reactive ketones (excluding diaryl/α,β-unsaturated/α-hetero) is 1. The first-order chi connectivity index (χ1) is 13.0. The maximum atomic E-state index is 12.4. The molecule has 0 aromatic heterocycles. The van der Waals surface area contributed by atoms with Gasteiger partial charge in [-0.15, -0.1) is 0 Å². The third-order valence-electron chi connectivity index (χ3n) is 4.12. The molecule has 0 bridgehead atoms. The van der Waals surface area contributed by atoms with Gasteiger partial charge in [0.2, 0.25) is 0 Å². The predicted molar refractivity (Wildman–Crippen MR) is 107 cm³/mol. The van der Waals surface area contributed by atoms with Gasteiger partial charge < -0.3 is 10.4 Å². The van der Waals surface area contributed by atoms with Crippen molar-refractivity contribution in [2.75, 3.05) is 11.9 Å². The monoisotopic (exact) mass is 379 g/mol. The minimum Gasteiger partial charge on any atom is -0.388 e. The van der Waals surface area contributed by atoms with Crippen LogP contribution in [0.15, 0.2) is 72.8 Å². The Labute approximate surface area is 162 Å². The number of ketones is 1. The Morgan fingerprint density at radius 1 is 0.852 bits per heavy atom. The van der Waals surface area contributed by atoms with Crippen LogP contribution in [0.2, 0.25) is 5.02 Å². The second-order valence-electron chi connectivity index (χ2n) is 6.12. The lowest BCUT2D eigenvalue weighted by Crippen LogP contribution is -2.13. The van der Waals surface area contributed by atoms with Crippen molar-refractivity contribution in [3.8, 4) is 0 Å². The number of aliphatic hydroxyl groups is 1. The number of hydrogen-bond donors (Lipinski definition) is 2. The van der Waals surface area contributed by atoms with Crippen molar-refractivity contribution in [1.82, 2.24) is 0 Å². The van der Waals surface area contributed by atoms with E-state index in [4.69, 9.17) is 16.7 Å². The van der Waals surface area contributed by atoms with Gasteiger partial charge in [0.1, 0.15) is 6.61 Å². The highest BCUT2D eigenvalue weighted by Gasteiger charge is 2.09. The maximum Gasteiger partial charge on any atom is 0.255 e. The Bertz CT molecular complexity index is 950. The van der Waals surface area contributed by atoms with Crippen LogP contribution in [0.5, 0.6) is 0 Å². The minimum absolute atomic E-state index is 0.262. The van der Waals surface area contributed by atoms with Gasteiger partial charge >= 0.3 is 0 Å². The molecule has 4 nitrogen and oxygen atoms in total. The molecule has 3 rings (SSSR count). The van der Waals surface area contributed by atoms with Crippen LogP contribution in [0.4, 0.5) is 5.69 Å². The second kappa shape index (κ2) is 8.62. The van der Waals surface area contributed by atoms with Crippen LogP contribution in [0.1, 0.15) is 31.8 Å². The van der Waals surface area contributed by atoms with E-state index in [2.05, 4.69) is 5.32 Å². The molecule has 0 radical (unpaired) electrons. The average Bonchev–Trinajstić information content (AvgIpc) is 2.70. The number of carbonyl (C=O) groups is 2. The molecule has 0 heterocycles. The Morgan fingerprint density at radius 2 is 1.48 bits per heavy atom. The van der Waals surface area contributed by atoms with Gasteiger partial charge in [-0.05, 0) is 53.9 Å². The fourth-order valence-electron chi connectivity index (χ4n) is 2.68. The van der Waals surface area contributed by atoms with Crippen molar-refractivity contribution in [3.63, 3.8) is 0 Å². The smallest absolute Gasteiger partial charge is 0.255 e. The first-order valence-corrected chi connectivity index (χ1v) is 8.82. The molecule has 136 valence electrons. The molecule has 0 saturated carbocycles. The third-order valence-corrected chi connectivity index (χ3v) is 4.38. The molecule has 0 atom stereocenters. The van der Waals surface area contributed by atoms with Gasteiger partial charge in [-0.2, -0.15) is 0 Å². The Kier molecular flexibility index (Phi) is 6.01. The van der Waals surface area contributed by atoms with E-state index in [9.17, 15) is 9.59 Å². The molecular weight excluding hydrogens is 362 g/mol. The molecular formula is C22H18ClNO3. The fourth-order valence-corrected chi connectivity index (χ4v) is 2.80.